The molecule has 0 aromatic heterocycles. The second-order valence-electron chi connectivity index (χ2n) is 6.74. The molecule has 0 aliphatic rings. The summed E-state index contributed by atoms with van der Waals surface area (Å²) in [5.74, 6) is 0. The SMILES string of the molecule is CCC(C)(C)S(=O)(=O)OC(C)C(C)OS(=O)(=O)C(C)(C)CC. The van der Waals surface area contributed by atoms with Crippen molar-refractivity contribution in [3.8, 4) is 0 Å². The minimum atomic E-state index is -3.83. The zero-order valence-corrected chi connectivity index (χ0v) is 16.5. The summed E-state index contributed by atoms with van der Waals surface area (Å²) in [6.07, 6.45) is -1.03. The molecule has 0 aliphatic heterocycles. The lowest BCUT2D eigenvalue weighted by Gasteiger charge is -2.29. The van der Waals surface area contributed by atoms with Crippen molar-refractivity contribution in [2.24, 2.45) is 0 Å². The van der Waals surface area contributed by atoms with E-state index in [1.165, 1.54) is 13.8 Å². The molecule has 0 rings (SSSR count). The first-order chi connectivity index (χ1) is 9.63. The molecule has 22 heavy (non-hydrogen) atoms. The fourth-order valence-corrected chi connectivity index (χ4v) is 3.51. The molecular formula is C14H30O6S2. The average molecular weight is 359 g/mol. The molecule has 8 heteroatoms. The molecule has 2 unspecified atom stereocenters. The molecule has 0 fully saturated rings. The Labute approximate surface area is 135 Å². The van der Waals surface area contributed by atoms with Crippen molar-refractivity contribution in [3.05, 3.63) is 0 Å². The molecule has 0 saturated heterocycles. The van der Waals surface area contributed by atoms with Crippen LogP contribution in [0.1, 0.15) is 68.2 Å². The summed E-state index contributed by atoms with van der Waals surface area (Å²) in [7, 11) is -7.65. The highest BCUT2D eigenvalue weighted by molar-refractivity contribution is 7.88. The highest BCUT2D eigenvalue weighted by atomic mass is 32.2. The van der Waals surface area contributed by atoms with E-state index in [0.29, 0.717) is 12.8 Å². The summed E-state index contributed by atoms with van der Waals surface area (Å²) in [6, 6.07) is 0. The Bertz CT molecular complexity index is 508. The second-order valence-corrected chi connectivity index (χ2v) is 11.1. The van der Waals surface area contributed by atoms with Gasteiger partial charge in [-0.15, -0.1) is 0 Å². The van der Waals surface area contributed by atoms with E-state index in [4.69, 9.17) is 8.37 Å². The quantitative estimate of drug-likeness (QED) is 0.589. The van der Waals surface area contributed by atoms with Gasteiger partial charge in [0, 0.05) is 0 Å². The van der Waals surface area contributed by atoms with Crippen molar-refractivity contribution < 1.29 is 25.2 Å². The summed E-state index contributed by atoms with van der Waals surface area (Å²) in [6.45, 7) is 12.7. The normalized spacial score (nSPS) is 17.3. The number of rotatable bonds is 9. The Morgan fingerprint density at radius 3 is 1.14 bits per heavy atom. The van der Waals surface area contributed by atoms with Crippen molar-refractivity contribution in [2.75, 3.05) is 0 Å². The van der Waals surface area contributed by atoms with E-state index in [1.807, 2.05) is 0 Å². The van der Waals surface area contributed by atoms with Crippen molar-refractivity contribution >= 4 is 20.2 Å². The molecule has 0 aromatic carbocycles. The lowest BCUT2D eigenvalue weighted by molar-refractivity contribution is 0.0815. The van der Waals surface area contributed by atoms with E-state index >= 15 is 0 Å². The molecule has 0 N–H and O–H groups in total. The van der Waals surface area contributed by atoms with Gasteiger partial charge in [0.05, 0.1) is 9.49 Å². The predicted octanol–water partition coefficient (Wildman–Crippen LogP) is 2.83. The van der Waals surface area contributed by atoms with E-state index in [1.54, 1.807) is 41.5 Å². The monoisotopic (exact) mass is 358 g/mol. The lowest BCUT2D eigenvalue weighted by Crippen LogP contribution is -2.41. The van der Waals surface area contributed by atoms with Gasteiger partial charge in [0.1, 0.15) is 12.2 Å². The average Bonchev–Trinajstić information content (AvgIpc) is 2.36. The van der Waals surface area contributed by atoms with Gasteiger partial charge in [0.25, 0.3) is 20.2 Å². The lowest BCUT2D eigenvalue weighted by atomic mass is 10.1. The Kier molecular flexibility index (Phi) is 7.09. The van der Waals surface area contributed by atoms with Gasteiger partial charge in [-0.1, -0.05) is 13.8 Å². The van der Waals surface area contributed by atoms with Crippen molar-refractivity contribution in [3.63, 3.8) is 0 Å². The first kappa shape index (κ1) is 21.8. The van der Waals surface area contributed by atoms with Gasteiger partial charge in [-0.05, 0) is 54.4 Å². The fourth-order valence-electron chi connectivity index (χ4n) is 1.17. The van der Waals surface area contributed by atoms with E-state index in [2.05, 4.69) is 0 Å². The van der Waals surface area contributed by atoms with Crippen LogP contribution < -0.4 is 0 Å². The molecule has 0 saturated carbocycles. The molecule has 6 nitrogen and oxygen atoms in total. The molecule has 0 aromatic rings. The fraction of sp³-hybridized carbons (Fsp3) is 1.00. The molecule has 0 bridgehead atoms. The summed E-state index contributed by atoms with van der Waals surface area (Å²) in [5, 5.41) is 0. The van der Waals surface area contributed by atoms with Crippen LogP contribution in [0, 0.1) is 0 Å². The van der Waals surface area contributed by atoms with Crippen molar-refractivity contribution in [1.82, 2.24) is 0 Å². The highest BCUT2D eigenvalue weighted by Crippen LogP contribution is 2.27. The standard InChI is InChI=1S/C14H30O6S2/c1-9-13(5,6)21(15,16)19-11(3)12(4)20-22(17,18)14(7,8)10-2/h11-12H,9-10H2,1-8H3. The van der Waals surface area contributed by atoms with Gasteiger partial charge < -0.3 is 0 Å². The van der Waals surface area contributed by atoms with Gasteiger partial charge in [-0.3, -0.25) is 8.37 Å². The molecular weight excluding hydrogens is 328 g/mol. The number of hydrogen-bond donors (Lipinski definition) is 0. The van der Waals surface area contributed by atoms with Crippen LogP contribution >= 0.6 is 0 Å². The van der Waals surface area contributed by atoms with E-state index < -0.39 is 41.9 Å². The molecule has 134 valence electrons. The van der Waals surface area contributed by atoms with E-state index in [9.17, 15) is 16.8 Å². The predicted molar refractivity (Wildman–Crippen MR) is 87.7 cm³/mol. The van der Waals surface area contributed by atoms with E-state index in [0.717, 1.165) is 0 Å². The van der Waals surface area contributed by atoms with Crippen LogP contribution in [0.25, 0.3) is 0 Å². The third kappa shape index (κ3) is 4.91. The topological polar surface area (TPSA) is 86.7 Å². The molecule has 0 heterocycles. The zero-order chi connectivity index (χ0) is 18.0. The summed E-state index contributed by atoms with van der Waals surface area (Å²) in [5.41, 5.74) is 0. The smallest absolute Gasteiger partial charge is 0.264 e. The molecule has 0 radical (unpaired) electrons. The zero-order valence-electron chi connectivity index (χ0n) is 14.8. The first-order valence-electron chi connectivity index (χ1n) is 7.49. The van der Waals surface area contributed by atoms with Crippen LogP contribution in [0.5, 0.6) is 0 Å². The van der Waals surface area contributed by atoms with E-state index in [-0.39, 0.29) is 0 Å². The van der Waals surface area contributed by atoms with Gasteiger partial charge in [0.2, 0.25) is 0 Å². The van der Waals surface area contributed by atoms with Gasteiger partial charge >= 0.3 is 0 Å². The maximum Gasteiger partial charge on any atom is 0.272 e. The number of hydrogen-bond acceptors (Lipinski definition) is 6. The van der Waals surface area contributed by atoms with Crippen LogP contribution in [-0.2, 0) is 28.6 Å². The maximum absolute atomic E-state index is 12.2. The first-order valence-corrected chi connectivity index (χ1v) is 10.3. The Balaban J connectivity index is 5.09. The van der Waals surface area contributed by atoms with Gasteiger partial charge in [0.15, 0.2) is 0 Å². The maximum atomic E-state index is 12.2. The van der Waals surface area contributed by atoms with Crippen LogP contribution in [0.4, 0.5) is 0 Å². The summed E-state index contributed by atoms with van der Waals surface area (Å²) >= 11 is 0. The summed E-state index contributed by atoms with van der Waals surface area (Å²) < 4.78 is 56.9. The van der Waals surface area contributed by atoms with Crippen LogP contribution in [0.2, 0.25) is 0 Å². The van der Waals surface area contributed by atoms with Crippen LogP contribution in [0.3, 0.4) is 0 Å². The second kappa shape index (κ2) is 7.15. The van der Waals surface area contributed by atoms with Gasteiger partial charge in [-0.2, -0.15) is 16.8 Å². The van der Waals surface area contributed by atoms with Crippen LogP contribution in [0.15, 0.2) is 0 Å². The third-order valence-corrected chi connectivity index (χ3v) is 8.67. The molecule has 0 spiro atoms. The Morgan fingerprint density at radius 1 is 0.727 bits per heavy atom. The molecule has 2 atom stereocenters. The van der Waals surface area contributed by atoms with Crippen molar-refractivity contribution in [2.45, 2.75) is 89.9 Å². The highest BCUT2D eigenvalue weighted by Gasteiger charge is 2.39. The van der Waals surface area contributed by atoms with Gasteiger partial charge in [-0.25, -0.2) is 0 Å². The summed E-state index contributed by atoms with van der Waals surface area (Å²) in [4.78, 5) is 0. The molecule has 0 amide bonds. The minimum Gasteiger partial charge on any atom is -0.264 e. The van der Waals surface area contributed by atoms with Crippen molar-refractivity contribution in [1.29, 1.82) is 0 Å². The third-order valence-electron chi connectivity index (χ3n) is 4.27. The Morgan fingerprint density at radius 2 is 0.955 bits per heavy atom. The minimum absolute atomic E-state index is 0.387. The Hall–Kier alpha value is -0.180. The molecule has 0 aliphatic carbocycles. The largest absolute Gasteiger partial charge is 0.272 e. The van der Waals surface area contributed by atoms with Crippen LogP contribution in [-0.4, -0.2) is 38.5 Å².